The first kappa shape index (κ1) is 16.2. The normalized spacial score (nSPS) is 30.5. The smallest absolute Gasteiger partial charge is 0.223 e. The fraction of sp³-hybridized carbons (Fsp3) is 0.600. The summed E-state index contributed by atoms with van der Waals surface area (Å²) in [6.07, 6.45) is 7.23. The first-order valence-electron chi connectivity index (χ1n) is 8.67. The van der Waals surface area contributed by atoms with Crippen molar-refractivity contribution in [3.63, 3.8) is 0 Å². The highest BCUT2D eigenvalue weighted by Crippen LogP contribution is 2.48. The van der Waals surface area contributed by atoms with Gasteiger partial charge in [0.05, 0.1) is 0 Å². The number of ketones is 2. The number of carbonyl (C=O) groups excluding carboxylic acids is 2. The number of fused-ring (bicyclic) bond motifs is 4. The van der Waals surface area contributed by atoms with Crippen molar-refractivity contribution in [1.82, 2.24) is 0 Å². The second-order valence-corrected chi connectivity index (χ2v) is 8.21. The quantitative estimate of drug-likeness (QED) is 0.785. The topological polar surface area (TPSA) is 54.4 Å². The number of rotatable bonds is 1. The van der Waals surface area contributed by atoms with E-state index in [1.54, 1.807) is 6.08 Å². The van der Waals surface area contributed by atoms with Gasteiger partial charge in [0.1, 0.15) is 0 Å². The standard InChI is InChI=1S/C20H26O3/c1-11(2)14-8-13-10-16(21)15-9-12(6-5-7-20(15,3)4)17(13)19(23)18(14)22/h8,10-12,15,23H,5-7,9H2,1-4H3/t12-,15+/m1/s1. The molecule has 0 aromatic heterocycles. The molecule has 3 aliphatic carbocycles. The summed E-state index contributed by atoms with van der Waals surface area (Å²) in [5.41, 5.74) is 2.05. The maximum Gasteiger partial charge on any atom is 0.223 e. The van der Waals surface area contributed by atoms with E-state index in [2.05, 4.69) is 13.8 Å². The van der Waals surface area contributed by atoms with E-state index in [1.807, 2.05) is 19.9 Å². The van der Waals surface area contributed by atoms with E-state index in [0.29, 0.717) is 11.1 Å². The third kappa shape index (κ3) is 2.60. The first-order chi connectivity index (χ1) is 10.7. The molecule has 0 saturated heterocycles. The van der Waals surface area contributed by atoms with Gasteiger partial charge in [0.25, 0.3) is 0 Å². The van der Waals surface area contributed by atoms with Gasteiger partial charge in [-0.05, 0) is 54.2 Å². The molecule has 1 N–H and O–H groups in total. The van der Waals surface area contributed by atoms with Crippen LogP contribution in [-0.4, -0.2) is 16.7 Å². The fourth-order valence-corrected chi connectivity index (χ4v) is 4.40. The maximum absolute atomic E-state index is 12.8. The molecule has 0 amide bonds. The fourth-order valence-electron chi connectivity index (χ4n) is 4.40. The number of hydrogen-bond acceptors (Lipinski definition) is 3. The number of Topliss-reactive ketones (excluding diaryl/α,β-unsaturated/α-hetero) is 1. The Morgan fingerprint density at radius 1 is 1.22 bits per heavy atom. The second kappa shape index (κ2) is 5.47. The molecule has 0 aliphatic heterocycles. The zero-order chi connectivity index (χ0) is 16.9. The van der Waals surface area contributed by atoms with Gasteiger partial charge in [-0.15, -0.1) is 0 Å². The summed E-state index contributed by atoms with van der Waals surface area (Å²) in [5, 5.41) is 10.6. The van der Waals surface area contributed by atoms with Crippen molar-refractivity contribution >= 4 is 11.6 Å². The van der Waals surface area contributed by atoms with E-state index in [4.69, 9.17) is 0 Å². The zero-order valence-corrected chi connectivity index (χ0v) is 14.5. The highest BCUT2D eigenvalue weighted by Gasteiger charge is 2.43. The van der Waals surface area contributed by atoms with Crippen LogP contribution in [0.25, 0.3) is 0 Å². The second-order valence-electron chi connectivity index (χ2n) is 8.21. The Bertz CT molecular complexity index is 658. The van der Waals surface area contributed by atoms with Crippen molar-refractivity contribution < 1.29 is 14.7 Å². The van der Waals surface area contributed by atoms with Crippen LogP contribution < -0.4 is 0 Å². The van der Waals surface area contributed by atoms with Crippen molar-refractivity contribution in [3.05, 3.63) is 34.6 Å². The Balaban J connectivity index is 2.16. The predicted octanol–water partition coefficient (Wildman–Crippen LogP) is 4.31. The summed E-state index contributed by atoms with van der Waals surface area (Å²) >= 11 is 0. The molecule has 124 valence electrons. The van der Waals surface area contributed by atoms with Gasteiger partial charge in [-0.3, -0.25) is 9.59 Å². The summed E-state index contributed by atoms with van der Waals surface area (Å²) in [7, 11) is 0. The Morgan fingerprint density at radius 3 is 2.57 bits per heavy atom. The molecule has 0 heterocycles. The van der Waals surface area contributed by atoms with Crippen LogP contribution in [0.5, 0.6) is 0 Å². The maximum atomic E-state index is 12.8. The molecule has 23 heavy (non-hydrogen) atoms. The molecule has 0 aromatic carbocycles. The predicted molar refractivity (Wildman–Crippen MR) is 89.9 cm³/mol. The Hall–Kier alpha value is -1.64. The first-order valence-corrected chi connectivity index (χ1v) is 8.67. The monoisotopic (exact) mass is 314 g/mol. The minimum Gasteiger partial charge on any atom is -0.504 e. The molecular weight excluding hydrogens is 288 g/mol. The lowest BCUT2D eigenvalue weighted by Crippen LogP contribution is -2.29. The Morgan fingerprint density at radius 2 is 1.91 bits per heavy atom. The van der Waals surface area contributed by atoms with Crippen molar-refractivity contribution in [2.45, 2.75) is 53.4 Å². The van der Waals surface area contributed by atoms with E-state index in [0.717, 1.165) is 31.3 Å². The van der Waals surface area contributed by atoms with Crippen molar-refractivity contribution in [1.29, 1.82) is 0 Å². The lowest BCUT2D eigenvalue weighted by Gasteiger charge is -2.31. The van der Waals surface area contributed by atoms with Crippen LogP contribution in [0.1, 0.15) is 53.4 Å². The molecule has 3 rings (SSSR count). The van der Waals surface area contributed by atoms with Crippen LogP contribution in [0.3, 0.4) is 0 Å². The van der Waals surface area contributed by atoms with E-state index < -0.39 is 0 Å². The van der Waals surface area contributed by atoms with Gasteiger partial charge in [0.15, 0.2) is 11.5 Å². The van der Waals surface area contributed by atoms with Crippen molar-refractivity contribution in [2.75, 3.05) is 0 Å². The van der Waals surface area contributed by atoms with E-state index in [9.17, 15) is 14.7 Å². The average Bonchev–Trinajstić information content (AvgIpc) is 2.69. The molecule has 0 aromatic rings. The van der Waals surface area contributed by atoms with Crippen molar-refractivity contribution in [3.8, 4) is 0 Å². The molecule has 0 radical (unpaired) electrons. The minimum absolute atomic E-state index is 0.0266. The summed E-state index contributed by atoms with van der Waals surface area (Å²) < 4.78 is 0. The molecule has 3 heteroatoms. The number of carbonyl (C=O) groups is 2. The average molecular weight is 314 g/mol. The van der Waals surface area contributed by atoms with Gasteiger partial charge in [-0.1, -0.05) is 34.1 Å². The van der Waals surface area contributed by atoms with Gasteiger partial charge < -0.3 is 5.11 Å². The number of hydrogen-bond donors (Lipinski definition) is 1. The molecule has 0 spiro atoms. The van der Waals surface area contributed by atoms with Crippen LogP contribution in [-0.2, 0) is 9.59 Å². The summed E-state index contributed by atoms with van der Waals surface area (Å²) in [6.45, 7) is 8.21. The highest BCUT2D eigenvalue weighted by molar-refractivity contribution is 6.10. The third-order valence-corrected chi connectivity index (χ3v) is 5.86. The van der Waals surface area contributed by atoms with Crippen LogP contribution in [0.15, 0.2) is 34.6 Å². The summed E-state index contributed by atoms with van der Waals surface area (Å²) in [6, 6.07) is 0. The molecule has 1 saturated carbocycles. The summed E-state index contributed by atoms with van der Waals surface area (Å²) in [4.78, 5) is 25.3. The zero-order valence-electron chi connectivity index (χ0n) is 14.5. The molecule has 0 unspecified atom stereocenters. The van der Waals surface area contributed by atoms with Gasteiger partial charge in [-0.2, -0.15) is 0 Å². The van der Waals surface area contributed by atoms with E-state index >= 15 is 0 Å². The number of allylic oxidation sites excluding steroid dienone is 5. The Kier molecular flexibility index (Phi) is 3.86. The minimum atomic E-state index is -0.262. The van der Waals surface area contributed by atoms with Crippen LogP contribution in [0, 0.1) is 23.2 Å². The van der Waals surface area contributed by atoms with Crippen LogP contribution in [0.2, 0.25) is 0 Å². The third-order valence-electron chi connectivity index (χ3n) is 5.86. The number of aliphatic hydroxyl groups excluding tert-OH is 1. The molecule has 3 aliphatic rings. The summed E-state index contributed by atoms with van der Waals surface area (Å²) in [5.74, 6) is -0.132. The molecule has 1 fully saturated rings. The van der Waals surface area contributed by atoms with E-state index in [-0.39, 0.29) is 40.5 Å². The molecular formula is C20H26O3. The van der Waals surface area contributed by atoms with Gasteiger partial charge in [-0.25, -0.2) is 0 Å². The van der Waals surface area contributed by atoms with E-state index in [1.165, 1.54) is 0 Å². The molecule has 2 atom stereocenters. The SMILES string of the molecule is CC(C)C1=CC2=CC(=O)[C@@H]3C[C@@H](CCCC3(C)C)C2=C(O)C1=O. The van der Waals surface area contributed by atoms with Crippen LogP contribution in [0.4, 0.5) is 0 Å². The van der Waals surface area contributed by atoms with Gasteiger partial charge in [0, 0.05) is 17.1 Å². The largest absolute Gasteiger partial charge is 0.504 e. The lowest BCUT2D eigenvalue weighted by atomic mass is 9.72. The number of aliphatic hydroxyl groups is 1. The molecule has 2 bridgehead atoms. The Labute approximate surface area is 138 Å². The lowest BCUT2D eigenvalue weighted by molar-refractivity contribution is -0.122. The van der Waals surface area contributed by atoms with Crippen molar-refractivity contribution in [2.24, 2.45) is 23.2 Å². The highest BCUT2D eigenvalue weighted by atomic mass is 16.3. The van der Waals surface area contributed by atoms with Gasteiger partial charge in [0.2, 0.25) is 5.78 Å². The van der Waals surface area contributed by atoms with Gasteiger partial charge >= 0.3 is 0 Å². The molecule has 3 nitrogen and oxygen atoms in total. The van der Waals surface area contributed by atoms with Crippen LogP contribution >= 0.6 is 0 Å².